The van der Waals surface area contributed by atoms with Gasteiger partial charge in [0.25, 0.3) is 0 Å². The van der Waals surface area contributed by atoms with Gasteiger partial charge >= 0.3 is 5.97 Å². The van der Waals surface area contributed by atoms with Gasteiger partial charge in [0.2, 0.25) is 0 Å². The Balaban J connectivity index is 1.88. The van der Waals surface area contributed by atoms with E-state index in [1.54, 1.807) is 49.4 Å². The van der Waals surface area contributed by atoms with Gasteiger partial charge in [-0.25, -0.2) is 0 Å². The van der Waals surface area contributed by atoms with Gasteiger partial charge in [-0.2, -0.15) is 0 Å². The second-order valence-corrected chi connectivity index (χ2v) is 5.41. The fraction of sp³-hybridized carbons (Fsp3) is 0.211. The van der Waals surface area contributed by atoms with Crippen LogP contribution in [0.25, 0.3) is 0 Å². The Morgan fingerprint density at radius 1 is 0.958 bits per heavy atom. The van der Waals surface area contributed by atoms with Crippen molar-refractivity contribution in [2.75, 3.05) is 18.5 Å². The number of hydrogen-bond donors (Lipinski definition) is 1. The zero-order valence-corrected chi connectivity index (χ0v) is 13.3. The summed E-state index contributed by atoms with van der Waals surface area (Å²) in [5, 5.41) is 3.07. The Morgan fingerprint density at radius 2 is 1.62 bits per heavy atom. The first-order valence-electron chi connectivity index (χ1n) is 7.84. The second-order valence-electron chi connectivity index (χ2n) is 5.41. The smallest absolute Gasteiger partial charge is 0.307 e. The molecule has 1 aliphatic rings. The molecule has 0 spiro atoms. The van der Waals surface area contributed by atoms with E-state index in [2.05, 4.69) is 5.32 Å². The van der Waals surface area contributed by atoms with Crippen LogP contribution >= 0.6 is 0 Å². The van der Waals surface area contributed by atoms with Gasteiger partial charge in [-0.1, -0.05) is 36.4 Å². The topological polar surface area (TPSA) is 72.5 Å². The molecule has 24 heavy (non-hydrogen) atoms. The number of benzene rings is 2. The molecule has 0 aromatic heterocycles. The summed E-state index contributed by atoms with van der Waals surface area (Å²) in [7, 11) is 0. The molecular formula is C19H17NO4. The van der Waals surface area contributed by atoms with Gasteiger partial charge in [0.15, 0.2) is 11.6 Å². The lowest BCUT2D eigenvalue weighted by Gasteiger charge is -2.20. The summed E-state index contributed by atoms with van der Waals surface area (Å²) in [6, 6.07) is 11.9. The van der Waals surface area contributed by atoms with E-state index in [0.717, 1.165) is 0 Å². The number of esters is 1. The van der Waals surface area contributed by atoms with E-state index in [-0.39, 0.29) is 24.0 Å². The Kier molecular flexibility index (Phi) is 4.42. The quantitative estimate of drug-likeness (QED) is 0.731. The van der Waals surface area contributed by atoms with E-state index in [4.69, 9.17) is 4.74 Å². The molecule has 1 N–H and O–H groups in total. The molecule has 5 nitrogen and oxygen atoms in total. The highest BCUT2D eigenvalue weighted by Gasteiger charge is 2.31. The van der Waals surface area contributed by atoms with Crippen molar-refractivity contribution in [3.8, 4) is 0 Å². The van der Waals surface area contributed by atoms with Gasteiger partial charge in [-0.05, 0) is 13.0 Å². The van der Waals surface area contributed by atoms with Gasteiger partial charge in [-0.3, -0.25) is 14.4 Å². The standard InChI is InChI=1S/C19H17NO4/c1-2-24-16(21)10-11-20-15-9-5-8-14-17(15)19(23)13-7-4-3-6-12(13)18(14)22/h3-9,20H,2,10-11H2,1H3. The van der Waals surface area contributed by atoms with Crippen molar-refractivity contribution < 1.29 is 19.1 Å². The third-order valence-corrected chi connectivity index (χ3v) is 3.90. The molecule has 5 heteroatoms. The molecular weight excluding hydrogens is 306 g/mol. The number of ether oxygens (including phenoxy) is 1. The lowest BCUT2D eigenvalue weighted by molar-refractivity contribution is -0.142. The van der Waals surface area contributed by atoms with Crippen molar-refractivity contribution in [3.63, 3.8) is 0 Å². The number of carbonyl (C=O) groups excluding carboxylic acids is 3. The zero-order chi connectivity index (χ0) is 17.1. The maximum Gasteiger partial charge on any atom is 0.307 e. The van der Waals surface area contributed by atoms with Gasteiger partial charge < -0.3 is 10.1 Å². The minimum atomic E-state index is -0.303. The van der Waals surface area contributed by atoms with Crippen LogP contribution in [0.2, 0.25) is 0 Å². The lowest BCUT2D eigenvalue weighted by Crippen LogP contribution is -2.23. The highest BCUT2D eigenvalue weighted by Crippen LogP contribution is 2.31. The number of fused-ring (bicyclic) bond motifs is 2. The van der Waals surface area contributed by atoms with Gasteiger partial charge in [-0.15, -0.1) is 0 Å². The number of rotatable bonds is 5. The van der Waals surface area contributed by atoms with Crippen LogP contribution in [0.5, 0.6) is 0 Å². The van der Waals surface area contributed by atoms with Crippen LogP contribution in [-0.2, 0) is 9.53 Å². The summed E-state index contributed by atoms with van der Waals surface area (Å²) in [4.78, 5) is 36.8. The van der Waals surface area contributed by atoms with Crippen LogP contribution in [0.15, 0.2) is 42.5 Å². The molecule has 0 aliphatic heterocycles. The van der Waals surface area contributed by atoms with Crippen LogP contribution in [0.1, 0.15) is 45.2 Å². The first-order valence-corrected chi connectivity index (χ1v) is 7.84. The lowest BCUT2D eigenvalue weighted by atomic mass is 9.83. The Hall–Kier alpha value is -2.95. The maximum atomic E-state index is 12.8. The molecule has 0 saturated heterocycles. The van der Waals surface area contributed by atoms with Crippen molar-refractivity contribution in [1.29, 1.82) is 0 Å². The van der Waals surface area contributed by atoms with Crippen LogP contribution in [-0.4, -0.2) is 30.7 Å². The minimum absolute atomic E-state index is 0.158. The molecule has 0 bridgehead atoms. The second kappa shape index (κ2) is 6.66. The summed E-state index contributed by atoms with van der Waals surface area (Å²) in [6.07, 6.45) is 0.191. The summed E-state index contributed by atoms with van der Waals surface area (Å²) in [6.45, 7) is 2.42. The Labute approximate surface area is 139 Å². The maximum absolute atomic E-state index is 12.8. The van der Waals surface area contributed by atoms with Crippen LogP contribution < -0.4 is 5.32 Å². The minimum Gasteiger partial charge on any atom is -0.466 e. The normalized spacial score (nSPS) is 12.4. The molecule has 122 valence electrons. The Morgan fingerprint density at radius 3 is 2.33 bits per heavy atom. The third-order valence-electron chi connectivity index (χ3n) is 3.90. The zero-order valence-electron chi connectivity index (χ0n) is 13.3. The molecule has 0 amide bonds. The number of carbonyl (C=O) groups is 3. The summed E-state index contributed by atoms with van der Waals surface area (Å²) >= 11 is 0. The van der Waals surface area contributed by atoms with E-state index in [1.807, 2.05) is 0 Å². The molecule has 0 heterocycles. The molecule has 0 unspecified atom stereocenters. The van der Waals surface area contributed by atoms with Crippen molar-refractivity contribution in [2.45, 2.75) is 13.3 Å². The number of hydrogen-bond acceptors (Lipinski definition) is 5. The highest BCUT2D eigenvalue weighted by molar-refractivity contribution is 6.30. The number of ketones is 2. The van der Waals surface area contributed by atoms with E-state index in [1.165, 1.54) is 0 Å². The molecule has 1 aliphatic carbocycles. The third kappa shape index (κ3) is 2.80. The average molecular weight is 323 g/mol. The average Bonchev–Trinajstić information content (AvgIpc) is 2.60. The molecule has 0 fully saturated rings. The van der Waals surface area contributed by atoms with Crippen LogP contribution in [0.3, 0.4) is 0 Å². The van der Waals surface area contributed by atoms with Crippen LogP contribution in [0, 0.1) is 0 Å². The molecule has 2 aromatic carbocycles. The molecule has 0 saturated carbocycles. The van der Waals surface area contributed by atoms with E-state index < -0.39 is 0 Å². The van der Waals surface area contributed by atoms with E-state index in [9.17, 15) is 14.4 Å². The number of nitrogens with one attached hydrogen (secondary N) is 1. The first-order chi connectivity index (χ1) is 11.6. The fourth-order valence-electron chi connectivity index (χ4n) is 2.82. The predicted octanol–water partition coefficient (Wildman–Crippen LogP) is 2.83. The molecule has 0 radical (unpaired) electrons. The highest BCUT2D eigenvalue weighted by atomic mass is 16.5. The number of anilines is 1. The first kappa shape index (κ1) is 15.9. The van der Waals surface area contributed by atoms with Gasteiger partial charge in [0, 0.05) is 28.9 Å². The molecule has 3 rings (SSSR count). The van der Waals surface area contributed by atoms with Gasteiger partial charge in [0.05, 0.1) is 18.6 Å². The van der Waals surface area contributed by atoms with E-state index >= 15 is 0 Å². The monoisotopic (exact) mass is 323 g/mol. The van der Waals surface area contributed by atoms with Gasteiger partial charge in [0.1, 0.15) is 0 Å². The molecule has 2 aromatic rings. The van der Waals surface area contributed by atoms with Crippen LogP contribution in [0.4, 0.5) is 5.69 Å². The van der Waals surface area contributed by atoms with Crippen molar-refractivity contribution in [2.24, 2.45) is 0 Å². The predicted molar refractivity (Wildman–Crippen MR) is 89.5 cm³/mol. The fourth-order valence-corrected chi connectivity index (χ4v) is 2.82. The van der Waals surface area contributed by atoms with Crippen molar-refractivity contribution in [1.82, 2.24) is 0 Å². The van der Waals surface area contributed by atoms with E-state index in [0.29, 0.717) is 41.1 Å². The summed E-state index contributed by atoms with van der Waals surface area (Å²) < 4.78 is 4.88. The molecule has 0 atom stereocenters. The van der Waals surface area contributed by atoms with Crippen molar-refractivity contribution >= 4 is 23.2 Å². The summed E-state index contributed by atoms with van der Waals surface area (Å²) in [5.74, 6) is -0.642. The Bertz CT molecular complexity index is 826. The largest absolute Gasteiger partial charge is 0.466 e. The summed E-state index contributed by atoms with van der Waals surface area (Å²) in [5.41, 5.74) is 2.16. The SMILES string of the molecule is CCOC(=O)CCNc1cccc2c1C(=O)c1ccccc1C2=O. The van der Waals surface area contributed by atoms with Crippen molar-refractivity contribution in [3.05, 3.63) is 64.7 Å².